The van der Waals surface area contributed by atoms with Gasteiger partial charge in [-0.3, -0.25) is 0 Å². The van der Waals surface area contributed by atoms with Crippen molar-refractivity contribution in [2.75, 3.05) is 13.7 Å². The summed E-state index contributed by atoms with van der Waals surface area (Å²) in [4.78, 5) is 10.5. The van der Waals surface area contributed by atoms with Gasteiger partial charge < -0.3 is 13.6 Å². The predicted molar refractivity (Wildman–Crippen MR) is 75.2 cm³/mol. The second-order valence-electron chi connectivity index (χ2n) is 5.24. The van der Waals surface area contributed by atoms with Crippen molar-refractivity contribution >= 4 is 20.0 Å². The molecule has 1 rings (SSSR count). The van der Waals surface area contributed by atoms with Crippen LogP contribution in [-0.2, 0) is 13.6 Å². The van der Waals surface area contributed by atoms with Gasteiger partial charge in [0.25, 0.3) is 0 Å². The third-order valence-corrected chi connectivity index (χ3v) is 7.22. The van der Waals surface area contributed by atoms with Crippen LogP contribution in [0.5, 0.6) is 0 Å². The zero-order valence-corrected chi connectivity index (χ0v) is 12.6. The molecule has 0 bridgehead atoms. The van der Waals surface area contributed by atoms with Crippen LogP contribution in [0.1, 0.15) is 27.2 Å². The molecule has 0 saturated heterocycles. The van der Waals surface area contributed by atoms with E-state index in [4.69, 9.17) is 8.85 Å². The van der Waals surface area contributed by atoms with Gasteiger partial charge in [-0.05, 0) is 5.19 Å². The quantitative estimate of drug-likeness (QED) is 0.450. The lowest BCUT2D eigenvalue weighted by Gasteiger charge is -2.40. The number of carbonyl (C=O) groups excluding carboxylic acids is 1. The third kappa shape index (κ3) is 3.07. The van der Waals surface area contributed by atoms with Gasteiger partial charge in [0.15, 0.2) is 0 Å². The first-order valence-electron chi connectivity index (χ1n) is 6.16. The van der Waals surface area contributed by atoms with Crippen LogP contribution in [0.4, 0.5) is 0 Å². The van der Waals surface area contributed by atoms with Crippen LogP contribution in [0, 0.1) is 0 Å². The van der Waals surface area contributed by atoms with Crippen LogP contribution in [0.3, 0.4) is 0 Å². The van der Waals surface area contributed by atoms with Gasteiger partial charge in [-0.15, -0.1) is 0 Å². The summed E-state index contributed by atoms with van der Waals surface area (Å²) in [6, 6.07) is 10.0. The Kier molecular flexibility index (Phi) is 5.25. The monoisotopic (exact) mass is 266 g/mol. The molecular formula is C14H22O3Si. The third-order valence-electron chi connectivity index (χ3n) is 2.97. The van der Waals surface area contributed by atoms with Crippen LogP contribution < -0.4 is 5.19 Å². The van der Waals surface area contributed by atoms with E-state index < -0.39 is 8.56 Å². The summed E-state index contributed by atoms with van der Waals surface area (Å²) in [7, 11) is -0.844. The molecule has 0 saturated carbocycles. The van der Waals surface area contributed by atoms with E-state index in [1.165, 1.54) is 0 Å². The Hall–Kier alpha value is -0.973. The number of hydrogen-bond donors (Lipinski definition) is 0. The Morgan fingerprint density at radius 2 is 1.83 bits per heavy atom. The Morgan fingerprint density at radius 3 is 2.28 bits per heavy atom. The lowest BCUT2D eigenvalue weighted by atomic mass is 10.2. The van der Waals surface area contributed by atoms with Gasteiger partial charge in [0, 0.05) is 25.2 Å². The molecule has 1 unspecified atom stereocenters. The Bertz CT molecular complexity index is 372. The van der Waals surface area contributed by atoms with Gasteiger partial charge in [-0.25, -0.2) is 0 Å². The van der Waals surface area contributed by atoms with Crippen molar-refractivity contribution in [2.24, 2.45) is 0 Å². The molecule has 0 aromatic heterocycles. The first-order valence-corrected chi connectivity index (χ1v) is 7.98. The van der Waals surface area contributed by atoms with E-state index in [0.29, 0.717) is 13.0 Å². The van der Waals surface area contributed by atoms with Crippen molar-refractivity contribution in [3.63, 3.8) is 0 Å². The normalized spacial score (nSPS) is 15.1. The number of hydrogen-bond acceptors (Lipinski definition) is 3. The molecule has 0 radical (unpaired) electrons. The minimum Gasteiger partial charge on any atom is -0.394 e. The van der Waals surface area contributed by atoms with Crippen LogP contribution in [0.15, 0.2) is 30.3 Å². The van der Waals surface area contributed by atoms with Crippen LogP contribution >= 0.6 is 0 Å². The SMILES string of the molecule is CO[Si](OCCC=O)(c1ccccc1)C(C)(C)C. The smallest absolute Gasteiger partial charge is 0.377 e. The highest BCUT2D eigenvalue weighted by Crippen LogP contribution is 2.37. The maximum absolute atomic E-state index is 10.5. The molecule has 0 amide bonds. The summed E-state index contributed by atoms with van der Waals surface area (Å²) in [5.74, 6) is 0. The van der Waals surface area contributed by atoms with Gasteiger partial charge in [0.1, 0.15) is 6.29 Å². The van der Waals surface area contributed by atoms with Gasteiger partial charge in [-0.1, -0.05) is 51.1 Å². The summed E-state index contributed by atoms with van der Waals surface area (Å²) in [5, 5.41) is 0.998. The first kappa shape index (κ1) is 15.1. The first-order chi connectivity index (χ1) is 8.48. The van der Waals surface area contributed by atoms with Gasteiger partial charge in [0.05, 0.1) is 0 Å². The number of rotatable bonds is 6. The highest BCUT2D eigenvalue weighted by Gasteiger charge is 2.50. The molecule has 4 heteroatoms. The molecule has 0 fully saturated rings. The van der Waals surface area contributed by atoms with E-state index in [1.807, 2.05) is 30.3 Å². The van der Waals surface area contributed by atoms with Crippen molar-refractivity contribution in [1.82, 2.24) is 0 Å². The highest BCUT2D eigenvalue weighted by atomic mass is 28.4. The average Bonchev–Trinajstić information content (AvgIpc) is 2.34. The molecule has 0 N–H and O–H groups in total. The molecule has 0 aliphatic heterocycles. The molecular weight excluding hydrogens is 244 g/mol. The predicted octanol–water partition coefficient (Wildman–Crippen LogP) is 2.39. The van der Waals surface area contributed by atoms with Crippen LogP contribution in [0.25, 0.3) is 0 Å². The molecule has 100 valence electrons. The number of benzene rings is 1. The standard InChI is InChI=1S/C14H22O3Si/c1-14(2,3)18(16-4,17-12-8-11-15)13-9-6-5-7-10-13/h5-7,9-11H,8,12H2,1-4H3. The van der Waals surface area contributed by atoms with Crippen LogP contribution in [-0.4, -0.2) is 28.6 Å². The lowest BCUT2D eigenvalue weighted by Crippen LogP contribution is -2.59. The fourth-order valence-corrected chi connectivity index (χ4v) is 5.59. The zero-order valence-electron chi connectivity index (χ0n) is 11.6. The van der Waals surface area contributed by atoms with E-state index in [2.05, 4.69) is 20.8 Å². The molecule has 1 aromatic rings. The Balaban J connectivity index is 3.11. The summed E-state index contributed by atoms with van der Waals surface area (Å²) >= 11 is 0. The lowest BCUT2D eigenvalue weighted by molar-refractivity contribution is -0.108. The van der Waals surface area contributed by atoms with Gasteiger partial charge in [-0.2, -0.15) is 0 Å². The van der Waals surface area contributed by atoms with Crippen molar-refractivity contribution < 1.29 is 13.6 Å². The number of carbonyl (C=O) groups is 1. The Labute approximate surface area is 110 Å². The van der Waals surface area contributed by atoms with Gasteiger partial charge in [0.2, 0.25) is 0 Å². The van der Waals surface area contributed by atoms with Crippen molar-refractivity contribution in [2.45, 2.75) is 32.2 Å². The molecule has 0 aliphatic rings. The average molecular weight is 266 g/mol. The van der Waals surface area contributed by atoms with Crippen molar-refractivity contribution in [1.29, 1.82) is 0 Å². The fourth-order valence-electron chi connectivity index (χ4n) is 2.12. The molecule has 1 atom stereocenters. The molecule has 0 aliphatic carbocycles. The van der Waals surface area contributed by atoms with Crippen molar-refractivity contribution in [3.05, 3.63) is 30.3 Å². The maximum Gasteiger partial charge on any atom is 0.377 e. The molecule has 1 aromatic carbocycles. The minimum atomic E-state index is -2.54. The van der Waals surface area contributed by atoms with Gasteiger partial charge >= 0.3 is 8.56 Å². The van der Waals surface area contributed by atoms with E-state index >= 15 is 0 Å². The minimum absolute atomic E-state index is 0.105. The zero-order chi connectivity index (χ0) is 13.6. The van der Waals surface area contributed by atoms with Crippen molar-refractivity contribution in [3.8, 4) is 0 Å². The number of aldehydes is 1. The Morgan fingerprint density at radius 1 is 1.22 bits per heavy atom. The molecule has 3 nitrogen and oxygen atoms in total. The summed E-state index contributed by atoms with van der Waals surface area (Å²) < 4.78 is 11.9. The van der Waals surface area contributed by atoms with E-state index in [1.54, 1.807) is 7.11 Å². The molecule has 18 heavy (non-hydrogen) atoms. The van der Waals surface area contributed by atoms with E-state index in [9.17, 15) is 4.79 Å². The summed E-state index contributed by atoms with van der Waals surface area (Å²) in [5.41, 5.74) is 0. The van der Waals surface area contributed by atoms with E-state index in [-0.39, 0.29) is 5.04 Å². The molecule has 0 spiro atoms. The molecule has 0 heterocycles. The van der Waals surface area contributed by atoms with E-state index in [0.717, 1.165) is 11.5 Å². The van der Waals surface area contributed by atoms with Crippen LogP contribution in [0.2, 0.25) is 5.04 Å². The summed E-state index contributed by atoms with van der Waals surface area (Å²) in [6.45, 7) is 6.78. The topological polar surface area (TPSA) is 35.5 Å². The highest BCUT2D eigenvalue weighted by molar-refractivity contribution is 6.83. The maximum atomic E-state index is 10.5. The second-order valence-corrected chi connectivity index (χ2v) is 9.25. The fraction of sp³-hybridized carbons (Fsp3) is 0.500. The largest absolute Gasteiger partial charge is 0.394 e. The summed E-state index contributed by atoms with van der Waals surface area (Å²) in [6.07, 6.45) is 1.28. The second kappa shape index (κ2) is 6.27.